The van der Waals surface area contributed by atoms with Crippen molar-refractivity contribution in [2.24, 2.45) is 5.73 Å². The molecule has 0 amide bonds. The minimum absolute atomic E-state index is 0.252. The molecule has 0 aromatic carbocycles. The first-order valence-electron chi connectivity index (χ1n) is 2.26. The van der Waals surface area contributed by atoms with Gasteiger partial charge in [-0.15, -0.1) is 0 Å². The summed E-state index contributed by atoms with van der Waals surface area (Å²) in [5, 5.41) is 0. The van der Waals surface area contributed by atoms with Gasteiger partial charge in [0, 0.05) is 7.11 Å². The largest absolute Gasteiger partial charge is 0.328 e. The fourth-order valence-electron chi connectivity index (χ4n) is 0. The summed E-state index contributed by atoms with van der Waals surface area (Å²) < 4.78 is 13.0. The first-order valence-corrected chi connectivity index (χ1v) is 2.99. The molecule has 4 heteroatoms. The average Bonchev–Trinajstić information content (AvgIpc) is 1.65. The first-order chi connectivity index (χ1) is 3.65. The number of hydrogen-bond donors (Lipinski definition) is 1. The highest BCUT2D eigenvalue weighted by Gasteiger charge is 1.67. The van der Waals surface area contributed by atoms with Crippen LogP contribution in [0.1, 0.15) is 13.8 Å². The molecule has 0 radical (unpaired) electrons. The Morgan fingerprint density at radius 3 is 1.75 bits per heavy atom. The second-order valence-corrected chi connectivity index (χ2v) is 2.02. The third-order valence-corrected chi connectivity index (χ3v) is 0.224. The van der Waals surface area contributed by atoms with Crippen LogP contribution in [-0.2, 0) is 9.09 Å². The fraction of sp³-hybridized carbons (Fsp3) is 1.00. The second kappa shape index (κ2) is 10.1. The molecule has 0 spiro atoms. The van der Waals surface area contributed by atoms with Crippen LogP contribution >= 0.6 is 8.69 Å². The van der Waals surface area contributed by atoms with Crippen LogP contribution in [0.5, 0.6) is 0 Å². The molecule has 3 nitrogen and oxygen atoms in total. The van der Waals surface area contributed by atoms with Gasteiger partial charge < -0.3 is 5.73 Å². The molecule has 0 atom stereocenters. The molecular weight excluding hydrogens is 125 g/mol. The summed E-state index contributed by atoms with van der Waals surface area (Å²) >= 11 is 0. The third kappa shape index (κ3) is 146. The molecule has 0 heterocycles. The van der Waals surface area contributed by atoms with Crippen molar-refractivity contribution < 1.29 is 9.09 Å². The topological polar surface area (TPSA) is 52.3 Å². The van der Waals surface area contributed by atoms with E-state index in [-0.39, 0.29) is 8.69 Å². The molecule has 0 unspecified atom stereocenters. The minimum atomic E-state index is -0.252. The molecule has 8 heavy (non-hydrogen) atoms. The molecule has 0 saturated heterocycles. The molecular formula is C4H12NO2P. The maximum atomic E-state index is 9.05. The molecule has 0 aliphatic carbocycles. The van der Waals surface area contributed by atoms with Crippen molar-refractivity contribution in [2.75, 3.05) is 7.11 Å². The van der Waals surface area contributed by atoms with Gasteiger partial charge in [-0.2, -0.15) is 0 Å². The van der Waals surface area contributed by atoms with Crippen LogP contribution in [0, 0.1) is 0 Å². The van der Waals surface area contributed by atoms with Crippen molar-refractivity contribution in [3.63, 3.8) is 0 Å². The normalized spacial score (nSPS) is 8.62. The predicted molar refractivity (Wildman–Crippen MR) is 33.9 cm³/mol. The molecule has 0 aromatic rings. The van der Waals surface area contributed by atoms with E-state index in [2.05, 4.69) is 4.52 Å². The summed E-state index contributed by atoms with van der Waals surface area (Å²) in [6.45, 7) is 3.89. The van der Waals surface area contributed by atoms with Crippen molar-refractivity contribution in [2.45, 2.75) is 19.9 Å². The summed E-state index contributed by atoms with van der Waals surface area (Å²) in [4.78, 5) is 0. The van der Waals surface area contributed by atoms with Crippen molar-refractivity contribution in [1.82, 2.24) is 0 Å². The monoisotopic (exact) mass is 137 g/mol. The zero-order chi connectivity index (χ0) is 6.99. The van der Waals surface area contributed by atoms with Gasteiger partial charge in [-0.25, -0.2) is 4.57 Å². The Bertz CT molecular complexity index is 46.5. The predicted octanol–water partition coefficient (Wildman–Crippen LogP) is 1.19. The van der Waals surface area contributed by atoms with Gasteiger partial charge in [-0.05, 0) is 6.04 Å². The number of nitrogens with two attached hydrogens (primary N) is 1. The highest BCUT2D eigenvalue weighted by Crippen LogP contribution is 1.83. The molecule has 0 aliphatic rings. The maximum absolute atomic E-state index is 9.05. The molecule has 50 valence electrons. The standard InChI is InChI=1S/C3H9N.CH3O2P/c1-3(2)4;1-3-4-2/h3H,4H2,1-2H3;1H3. The van der Waals surface area contributed by atoms with Crippen LogP contribution in [0.2, 0.25) is 0 Å². The molecule has 2 N–H and O–H groups in total. The van der Waals surface area contributed by atoms with Gasteiger partial charge in [0.05, 0.1) is 0 Å². The van der Waals surface area contributed by atoms with Gasteiger partial charge in [0.25, 0.3) is 0 Å². The molecule has 0 aliphatic heterocycles. The Morgan fingerprint density at radius 1 is 1.62 bits per heavy atom. The van der Waals surface area contributed by atoms with Crippen LogP contribution in [0.4, 0.5) is 0 Å². The number of rotatable bonds is 1. The lowest BCUT2D eigenvalue weighted by Crippen LogP contribution is -2.06. The quantitative estimate of drug-likeness (QED) is 0.552. The van der Waals surface area contributed by atoms with E-state index in [9.17, 15) is 0 Å². The van der Waals surface area contributed by atoms with Crippen LogP contribution in [0.25, 0.3) is 0 Å². The molecule has 0 rings (SSSR count). The Labute approximate surface area is 51.5 Å². The van der Waals surface area contributed by atoms with Gasteiger partial charge in [-0.1, -0.05) is 13.8 Å². The maximum Gasteiger partial charge on any atom is 0.327 e. The smallest absolute Gasteiger partial charge is 0.327 e. The van der Waals surface area contributed by atoms with E-state index in [4.69, 9.17) is 10.3 Å². The van der Waals surface area contributed by atoms with Gasteiger partial charge in [-0.3, -0.25) is 4.52 Å². The van der Waals surface area contributed by atoms with Crippen molar-refractivity contribution >= 4 is 8.69 Å². The summed E-state index contributed by atoms with van der Waals surface area (Å²) in [5.74, 6) is 0. The highest BCUT2D eigenvalue weighted by molar-refractivity contribution is 7.17. The Hall–Kier alpha value is 0.0200. The van der Waals surface area contributed by atoms with Gasteiger partial charge in [0.2, 0.25) is 0 Å². The Balaban J connectivity index is 0. The van der Waals surface area contributed by atoms with Gasteiger partial charge in [0.15, 0.2) is 0 Å². The van der Waals surface area contributed by atoms with E-state index in [1.165, 1.54) is 7.11 Å². The average molecular weight is 137 g/mol. The van der Waals surface area contributed by atoms with E-state index in [0.29, 0.717) is 6.04 Å². The summed E-state index contributed by atoms with van der Waals surface area (Å²) in [6.07, 6.45) is 0. The number of hydrogen-bond acceptors (Lipinski definition) is 3. The Kier molecular flexibility index (Phi) is 13.8. The zero-order valence-electron chi connectivity index (χ0n) is 5.42. The van der Waals surface area contributed by atoms with Crippen LogP contribution in [0.3, 0.4) is 0 Å². The van der Waals surface area contributed by atoms with Crippen molar-refractivity contribution in [3.8, 4) is 0 Å². The zero-order valence-corrected chi connectivity index (χ0v) is 6.31. The van der Waals surface area contributed by atoms with Crippen LogP contribution < -0.4 is 5.73 Å². The summed E-state index contributed by atoms with van der Waals surface area (Å²) in [6, 6.07) is 0.333. The molecule has 0 aromatic heterocycles. The summed E-state index contributed by atoms with van der Waals surface area (Å²) in [7, 11) is 1.10. The van der Waals surface area contributed by atoms with E-state index < -0.39 is 0 Å². The molecule has 0 fully saturated rings. The lowest BCUT2D eigenvalue weighted by Gasteiger charge is -1.81. The van der Waals surface area contributed by atoms with Crippen molar-refractivity contribution in [1.29, 1.82) is 0 Å². The minimum Gasteiger partial charge on any atom is -0.328 e. The first kappa shape index (κ1) is 10.9. The lowest BCUT2D eigenvalue weighted by atomic mass is 10.5. The van der Waals surface area contributed by atoms with Crippen LogP contribution in [0.15, 0.2) is 0 Å². The van der Waals surface area contributed by atoms with Gasteiger partial charge >= 0.3 is 8.69 Å². The van der Waals surface area contributed by atoms with E-state index in [0.717, 1.165) is 0 Å². The Morgan fingerprint density at radius 2 is 1.75 bits per heavy atom. The van der Waals surface area contributed by atoms with Gasteiger partial charge in [0.1, 0.15) is 0 Å². The lowest BCUT2D eigenvalue weighted by molar-refractivity contribution is 0.433. The van der Waals surface area contributed by atoms with Crippen LogP contribution in [-0.4, -0.2) is 13.2 Å². The second-order valence-electron chi connectivity index (χ2n) is 1.50. The van der Waals surface area contributed by atoms with Crippen molar-refractivity contribution in [3.05, 3.63) is 0 Å². The molecule has 0 saturated carbocycles. The molecule has 0 bridgehead atoms. The third-order valence-electron chi connectivity index (χ3n) is 0.0745. The summed E-state index contributed by atoms with van der Waals surface area (Å²) in [5.41, 5.74) is 5.11. The van der Waals surface area contributed by atoms with E-state index in [1.54, 1.807) is 0 Å². The van der Waals surface area contributed by atoms with E-state index in [1.807, 2.05) is 13.8 Å². The fourth-order valence-corrected chi connectivity index (χ4v) is 0. The van der Waals surface area contributed by atoms with E-state index >= 15 is 0 Å². The highest BCUT2D eigenvalue weighted by atomic mass is 31.1. The SMILES string of the molecule is CC(C)N.COP=O.